The first kappa shape index (κ1) is 19.3. The molecule has 1 atom stereocenters. The van der Waals surface area contributed by atoms with E-state index in [4.69, 9.17) is 0 Å². The lowest BCUT2D eigenvalue weighted by atomic mass is 10.0. The van der Waals surface area contributed by atoms with Gasteiger partial charge < -0.3 is 5.32 Å². The molecule has 0 radical (unpaired) electrons. The SMILES string of the molecule is CC(C)C(NS(=O)(=O)c1cccc2nsnc12)C(=O)NCc1ccncc1. The van der Waals surface area contributed by atoms with Crippen LogP contribution >= 0.6 is 11.7 Å². The van der Waals surface area contributed by atoms with Gasteiger partial charge in [-0.2, -0.15) is 13.5 Å². The van der Waals surface area contributed by atoms with E-state index in [1.165, 1.54) is 6.07 Å². The second-order valence-corrected chi connectivity index (χ2v) is 8.52. The molecule has 1 amide bonds. The van der Waals surface area contributed by atoms with Gasteiger partial charge in [0.2, 0.25) is 15.9 Å². The largest absolute Gasteiger partial charge is 0.351 e. The molecule has 3 aromatic rings. The van der Waals surface area contributed by atoms with Gasteiger partial charge >= 0.3 is 0 Å². The minimum atomic E-state index is -3.95. The van der Waals surface area contributed by atoms with Crippen LogP contribution in [0.25, 0.3) is 11.0 Å². The van der Waals surface area contributed by atoms with Gasteiger partial charge in [-0.1, -0.05) is 19.9 Å². The number of rotatable bonds is 7. The summed E-state index contributed by atoms with van der Waals surface area (Å²) in [6.07, 6.45) is 3.26. The van der Waals surface area contributed by atoms with E-state index in [9.17, 15) is 13.2 Å². The van der Waals surface area contributed by atoms with Crippen molar-refractivity contribution in [3.8, 4) is 0 Å². The van der Waals surface area contributed by atoms with Gasteiger partial charge in [0.1, 0.15) is 22.0 Å². The summed E-state index contributed by atoms with van der Waals surface area (Å²) in [4.78, 5) is 16.5. The maximum Gasteiger partial charge on any atom is 0.243 e. The number of carbonyl (C=O) groups is 1. The van der Waals surface area contributed by atoms with E-state index in [0.717, 1.165) is 17.3 Å². The number of nitrogens with zero attached hydrogens (tertiary/aromatic N) is 3. The summed E-state index contributed by atoms with van der Waals surface area (Å²) in [7, 11) is -3.95. The number of amides is 1. The summed E-state index contributed by atoms with van der Waals surface area (Å²) in [5.41, 5.74) is 1.68. The molecular formula is C17H19N5O3S2. The van der Waals surface area contributed by atoms with Crippen molar-refractivity contribution in [2.75, 3.05) is 0 Å². The van der Waals surface area contributed by atoms with Crippen molar-refractivity contribution < 1.29 is 13.2 Å². The molecule has 10 heteroatoms. The Morgan fingerprint density at radius 1 is 1.15 bits per heavy atom. The maximum absolute atomic E-state index is 12.9. The molecule has 0 saturated carbocycles. The molecule has 0 saturated heterocycles. The standard InChI is InChI=1S/C17H19N5O3S2/c1-11(2)15(17(23)19-10-12-6-8-18-9-7-12)22-27(24,25)14-5-3-4-13-16(14)21-26-20-13/h3-9,11,15,22H,10H2,1-2H3,(H,19,23). The Bertz CT molecular complexity index is 1030. The second-order valence-electron chi connectivity index (χ2n) is 6.30. The zero-order chi connectivity index (χ0) is 19.4. The van der Waals surface area contributed by atoms with Crippen LogP contribution in [0.4, 0.5) is 0 Å². The molecule has 0 fully saturated rings. The van der Waals surface area contributed by atoms with Crippen LogP contribution in [0.5, 0.6) is 0 Å². The predicted octanol–water partition coefficient (Wildman–Crippen LogP) is 1.71. The maximum atomic E-state index is 12.9. The van der Waals surface area contributed by atoms with Gasteiger partial charge in [0.15, 0.2) is 0 Å². The van der Waals surface area contributed by atoms with Gasteiger partial charge in [0.25, 0.3) is 0 Å². The summed E-state index contributed by atoms with van der Waals surface area (Å²) in [6.45, 7) is 3.85. The number of sulfonamides is 1. The first-order valence-electron chi connectivity index (χ1n) is 8.28. The molecule has 2 N–H and O–H groups in total. The molecule has 2 aromatic heterocycles. The second kappa shape index (κ2) is 8.07. The van der Waals surface area contributed by atoms with E-state index in [-0.39, 0.29) is 17.4 Å². The van der Waals surface area contributed by atoms with Crippen molar-refractivity contribution in [3.05, 3.63) is 48.3 Å². The number of pyridine rings is 1. The topological polar surface area (TPSA) is 114 Å². The Balaban J connectivity index is 1.79. The van der Waals surface area contributed by atoms with Crippen LogP contribution in [-0.2, 0) is 21.4 Å². The van der Waals surface area contributed by atoms with Crippen LogP contribution in [0.3, 0.4) is 0 Å². The lowest BCUT2D eigenvalue weighted by Gasteiger charge is -2.21. The number of hydrogen-bond donors (Lipinski definition) is 2. The summed E-state index contributed by atoms with van der Waals surface area (Å²) in [5, 5.41) is 2.77. The van der Waals surface area contributed by atoms with Crippen LogP contribution in [0.1, 0.15) is 19.4 Å². The zero-order valence-corrected chi connectivity index (χ0v) is 16.4. The minimum Gasteiger partial charge on any atom is -0.351 e. The van der Waals surface area contributed by atoms with Crippen LogP contribution in [0, 0.1) is 5.92 Å². The van der Waals surface area contributed by atoms with E-state index in [1.54, 1.807) is 50.5 Å². The Kier molecular flexibility index (Phi) is 5.78. The Labute approximate surface area is 161 Å². The number of benzene rings is 1. The van der Waals surface area contributed by atoms with E-state index in [1.807, 2.05) is 0 Å². The Hall–Kier alpha value is -2.43. The Morgan fingerprint density at radius 3 is 2.59 bits per heavy atom. The monoisotopic (exact) mass is 405 g/mol. The normalized spacial score (nSPS) is 13.0. The molecule has 0 aliphatic rings. The number of hydrogen-bond acceptors (Lipinski definition) is 7. The van der Waals surface area contributed by atoms with Gasteiger partial charge in [-0.15, -0.1) is 0 Å². The van der Waals surface area contributed by atoms with Crippen molar-refractivity contribution in [1.82, 2.24) is 23.8 Å². The molecule has 0 aliphatic heterocycles. The summed E-state index contributed by atoms with van der Waals surface area (Å²) in [5.74, 6) is -0.640. The zero-order valence-electron chi connectivity index (χ0n) is 14.8. The molecule has 0 spiro atoms. The van der Waals surface area contributed by atoms with Crippen molar-refractivity contribution >= 4 is 38.7 Å². The van der Waals surface area contributed by atoms with Gasteiger partial charge in [0, 0.05) is 18.9 Å². The molecule has 8 nitrogen and oxygen atoms in total. The molecule has 2 heterocycles. The van der Waals surface area contributed by atoms with E-state index >= 15 is 0 Å². The van der Waals surface area contributed by atoms with E-state index in [0.29, 0.717) is 11.0 Å². The lowest BCUT2D eigenvalue weighted by molar-refractivity contribution is -0.123. The number of fused-ring (bicyclic) bond motifs is 1. The Morgan fingerprint density at radius 2 is 1.89 bits per heavy atom. The fraction of sp³-hybridized carbons (Fsp3) is 0.294. The number of carbonyl (C=O) groups excluding carboxylic acids is 1. The van der Waals surface area contributed by atoms with Crippen molar-refractivity contribution in [2.24, 2.45) is 5.92 Å². The van der Waals surface area contributed by atoms with Crippen molar-refractivity contribution in [3.63, 3.8) is 0 Å². The van der Waals surface area contributed by atoms with Crippen molar-refractivity contribution in [2.45, 2.75) is 31.3 Å². The first-order chi connectivity index (χ1) is 12.9. The van der Waals surface area contributed by atoms with Crippen LogP contribution in [-0.4, -0.2) is 34.1 Å². The quantitative estimate of drug-likeness (QED) is 0.618. The third-order valence-corrected chi connectivity index (χ3v) is 6.00. The fourth-order valence-electron chi connectivity index (χ4n) is 2.52. The highest BCUT2D eigenvalue weighted by Crippen LogP contribution is 2.21. The van der Waals surface area contributed by atoms with Crippen LogP contribution < -0.4 is 10.0 Å². The van der Waals surface area contributed by atoms with E-state index in [2.05, 4.69) is 23.8 Å². The lowest BCUT2D eigenvalue weighted by Crippen LogP contribution is -2.49. The minimum absolute atomic E-state index is 0.0151. The fourth-order valence-corrected chi connectivity index (χ4v) is 4.63. The predicted molar refractivity (Wildman–Crippen MR) is 102 cm³/mol. The van der Waals surface area contributed by atoms with Gasteiger partial charge in [-0.05, 0) is 35.7 Å². The highest BCUT2D eigenvalue weighted by atomic mass is 32.2. The van der Waals surface area contributed by atoms with Gasteiger partial charge in [0.05, 0.1) is 11.7 Å². The average molecular weight is 406 g/mol. The molecular weight excluding hydrogens is 386 g/mol. The average Bonchev–Trinajstić information content (AvgIpc) is 3.13. The molecule has 27 heavy (non-hydrogen) atoms. The summed E-state index contributed by atoms with van der Waals surface area (Å²) in [6, 6.07) is 7.40. The molecule has 0 aliphatic carbocycles. The van der Waals surface area contributed by atoms with Crippen LogP contribution in [0.15, 0.2) is 47.6 Å². The van der Waals surface area contributed by atoms with E-state index < -0.39 is 22.0 Å². The van der Waals surface area contributed by atoms with Crippen LogP contribution in [0.2, 0.25) is 0 Å². The molecule has 1 aromatic carbocycles. The van der Waals surface area contributed by atoms with Gasteiger partial charge in [-0.25, -0.2) is 8.42 Å². The molecule has 1 unspecified atom stereocenters. The molecule has 0 bridgehead atoms. The van der Waals surface area contributed by atoms with Crippen molar-refractivity contribution in [1.29, 1.82) is 0 Å². The molecule has 3 rings (SSSR count). The first-order valence-corrected chi connectivity index (χ1v) is 10.5. The third-order valence-electron chi connectivity index (χ3n) is 3.99. The smallest absolute Gasteiger partial charge is 0.243 e. The molecule has 142 valence electrons. The highest BCUT2D eigenvalue weighted by molar-refractivity contribution is 7.89. The highest BCUT2D eigenvalue weighted by Gasteiger charge is 2.29. The summed E-state index contributed by atoms with van der Waals surface area (Å²) >= 11 is 0.944. The third kappa shape index (κ3) is 4.46. The summed E-state index contributed by atoms with van der Waals surface area (Å²) < 4.78 is 36.4. The number of nitrogens with one attached hydrogen (secondary N) is 2. The van der Waals surface area contributed by atoms with Gasteiger partial charge in [-0.3, -0.25) is 9.78 Å². The number of aromatic nitrogens is 3.